The van der Waals surface area contributed by atoms with E-state index in [9.17, 15) is 9.59 Å². The van der Waals surface area contributed by atoms with Crippen molar-refractivity contribution in [3.05, 3.63) is 29.0 Å². The molecule has 17 heavy (non-hydrogen) atoms. The van der Waals surface area contributed by atoms with Crippen molar-refractivity contribution < 1.29 is 14.7 Å². The second kappa shape index (κ2) is 4.93. The van der Waals surface area contributed by atoms with E-state index in [1.807, 2.05) is 0 Å². The number of aromatic nitrogens is 1. The molecule has 1 aromatic rings. The van der Waals surface area contributed by atoms with Crippen LogP contribution in [0.5, 0.6) is 0 Å². The fourth-order valence-corrected chi connectivity index (χ4v) is 2.75. The van der Waals surface area contributed by atoms with Crippen LogP contribution in [0.4, 0.5) is 0 Å². The Morgan fingerprint density at radius 2 is 2.29 bits per heavy atom. The normalized spacial score (nSPS) is 19.4. The third-order valence-electron chi connectivity index (χ3n) is 2.37. The van der Waals surface area contributed by atoms with Gasteiger partial charge in [0.25, 0.3) is 5.91 Å². The van der Waals surface area contributed by atoms with E-state index in [0.717, 1.165) is 0 Å². The number of rotatable bonds is 2. The first-order chi connectivity index (χ1) is 8.09. The lowest BCUT2D eigenvalue weighted by Crippen LogP contribution is -2.42. The molecule has 1 aromatic heterocycles. The van der Waals surface area contributed by atoms with E-state index in [1.54, 1.807) is 6.07 Å². The van der Waals surface area contributed by atoms with Crippen LogP contribution in [0.25, 0.3) is 0 Å². The molecule has 1 amide bonds. The molecule has 2 rings (SSSR count). The van der Waals surface area contributed by atoms with Gasteiger partial charge < -0.3 is 10.0 Å². The Morgan fingerprint density at radius 3 is 2.88 bits per heavy atom. The third-order valence-corrected chi connectivity index (χ3v) is 3.61. The summed E-state index contributed by atoms with van der Waals surface area (Å²) < 4.78 is 0. The Labute approximate surface area is 107 Å². The highest BCUT2D eigenvalue weighted by molar-refractivity contribution is 7.99. The number of hydrogen-bond acceptors (Lipinski definition) is 4. The highest BCUT2D eigenvalue weighted by Crippen LogP contribution is 2.23. The van der Waals surface area contributed by atoms with Crippen LogP contribution < -0.4 is 0 Å². The molecule has 1 N–H and O–H groups in total. The number of carboxylic acid groups (broad SMARTS) is 1. The maximum Gasteiger partial charge on any atom is 0.327 e. The van der Waals surface area contributed by atoms with Crippen molar-refractivity contribution in [3.8, 4) is 0 Å². The van der Waals surface area contributed by atoms with Gasteiger partial charge in [0.15, 0.2) is 0 Å². The molecular formula is C10H9ClN2O3S. The first-order valence-corrected chi connectivity index (χ1v) is 6.36. The van der Waals surface area contributed by atoms with Crippen LogP contribution >= 0.6 is 23.4 Å². The minimum absolute atomic E-state index is 0.211. The maximum absolute atomic E-state index is 12.0. The number of pyridine rings is 1. The third kappa shape index (κ3) is 2.53. The molecule has 0 unspecified atom stereocenters. The first-order valence-electron chi connectivity index (χ1n) is 4.82. The summed E-state index contributed by atoms with van der Waals surface area (Å²) in [4.78, 5) is 28.2. The van der Waals surface area contributed by atoms with E-state index in [-0.39, 0.29) is 11.6 Å². The molecule has 1 atom stereocenters. The molecule has 1 saturated heterocycles. The van der Waals surface area contributed by atoms with E-state index >= 15 is 0 Å². The zero-order valence-corrected chi connectivity index (χ0v) is 10.2. The molecule has 2 heterocycles. The molecule has 7 heteroatoms. The molecule has 0 spiro atoms. The minimum atomic E-state index is -0.989. The molecule has 0 aromatic carbocycles. The zero-order valence-electron chi connectivity index (χ0n) is 8.67. The number of thioether (sulfide) groups is 1. The van der Waals surface area contributed by atoms with Crippen LogP contribution in [0.3, 0.4) is 0 Å². The lowest BCUT2D eigenvalue weighted by molar-refractivity contribution is -0.140. The summed E-state index contributed by atoms with van der Waals surface area (Å²) in [5.74, 6) is -0.578. The number of nitrogens with zero attached hydrogens (tertiary/aromatic N) is 2. The Bertz CT molecular complexity index is 451. The van der Waals surface area contributed by atoms with Crippen molar-refractivity contribution in [2.75, 3.05) is 11.6 Å². The van der Waals surface area contributed by atoms with Gasteiger partial charge in [-0.1, -0.05) is 11.6 Å². The molecule has 1 fully saturated rings. The van der Waals surface area contributed by atoms with Gasteiger partial charge in [-0.2, -0.15) is 0 Å². The van der Waals surface area contributed by atoms with Gasteiger partial charge in [-0.25, -0.2) is 9.78 Å². The molecule has 1 aliphatic rings. The second-order valence-corrected chi connectivity index (χ2v) is 4.93. The van der Waals surface area contributed by atoms with Gasteiger partial charge in [0.05, 0.1) is 10.9 Å². The van der Waals surface area contributed by atoms with Gasteiger partial charge in [0.2, 0.25) is 0 Å². The van der Waals surface area contributed by atoms with Gasteiger partial charge in [0, 0.05) is 11.9 Å². The second-order valence-electron chi connectivity index (χ2n) is 3.49. The summed E-state index contributed by atoms with van der Waals surface area (Å²) in [7, 11) is 0. The largest absolute Gasteiger partial charge is 0.480 e. The Morgan fingerprint density at radius 1 is 1.53 bits per heavy atom. The van der Waals surface area contributed by atoms with Gasteiger partial charge in [-0.15, -0.1) is 11.8 Å². The number of carbonyl (C=O) groups is 2. The summed E-state index contributed by atoms with van der Waals surface area (Å²) in [5, 5.41) is 9.41. The Balaban J connectivity index is 2.19. The summed E-state index contributed by atoms with van der Waals surface area (Å²) in [6, 6.07) is 2.28. The summed E-state index contributed by atoms with van der Waals surface area (Å²) in [6.07, 6.45) is 1.37. The number of aliphatic carboxylic acids is 1. The molecule has 1 aliphatic heterocycles. The van der Waals surface area contributed by atoms with Crippen LogP contribution in [-0.2, 0) is 4.79 Å². The van der Waals surface area contributed by atoms with Crippen molar-refractivity contribution in [1.82, 2.24) is 9.88 Å². The molecule has 0 radical (unpaired) electrons. The van der Waals surface area contributed by atoms with Gasteiger partial charge >= 0.3 is 5.97 Å². The van der Waals surface area contributed by atoms with Crippen molar-refractivity contribution in [3.63, 3.8) is 0 Å². The van der Waals surface area contributed by atoms with E-state index in [4.69, 9.17) is 16.7 Å². The number of carbonyl (C=O) groups excluding carboxylic acids is 1. The van der Waals surface area contributed by atoms with Crippen LogP contribution in [0.2, 0.25) is 5.02 Å². The minimum Gasteiger partial charge on any atom is -0.480 e. The molecule has 0 saturated carbocycles. The number of carboxylic acids is 1. The summed E-state index contributed by atoms with van der Waals surface area (Å²) >= 11 is 7.08. The van der Waals surface area contributed by atoms with Crippen LogP contribution in [0.1, 0.15) is 10.5 Å². The van der Waals surface area contributed by atoms with Crippen molar-refractivity contribution >= 4 is 35.2 Å². The molecule has 5 nitrogen and oxygen atoms in total. The molecule has 90 valence electrons. The van der Waals surface area contributed by atoms with Crippen LogP contribution in [-0.4, -0.2) is 44.5 Å². The lowest BCUT2D eigenvalue weighted by Gasteiger charge is -2.19. The molecule has 0 aliphatic carbocycles. The zero-order chi connectivity index (χ0) is 12.4. The standard InChI is InChI=1S/C10H9ClN2O3S/c11-6-1-2-7(12-3-6)9(14)13-5-17-4-8(13)10(15)16/h1-3,8H,4-5H2,(H,15,16)/t8-/m0/s1. The van der Waals surface area contributed by atoms with Crippen LogP contribution in [0.15, 0.2) is 18.3 Å². The van der Waals surface area contributed by atoms with Crippen molar-refractivity contribution in [1.29, 1.82) is 0 Å². The summed E-state index contributed by atoms with van der Waals surface area (Å²) in [5.41, 5.74) is 0.211. The maximum atomic E-state index is 12.0. The van der Waals surface area contributed by atoms with Gasteiger partial charge in [-0.05, 0) is 12.1 Å². The molecule has 0 bridgehead atoms. The van der Waals surface area contributed by atoms with Gasteiger partial charge in [0.1, 0.15) is 11.7 Å². The number of amides is 1. The molecular weight excluding hydrogens is 264 g/mol. The van der Waals surface area contributed by atoms with Crippen molar-refractivity contribution in [2.24, 2.45) is 0 Å². The first kappa shape index (κ1) is 12.2. The van der Waals surface area contributed by atoms with E-state index < -0.39 is 12.0 Å². The predicted molar refractivity (Wildman–Crippen MR) is 64.2 cm³/mol. The lowest BCUT2D eigenvalue weighted by atomic mass is 10.2. The Hall–Kier alpha value is -1.27. The monoisotopic (exact) mass is 272 g/mol. The topological polar surface area (TPSA) is 70.5 Å². The average molecular weight is 273 g/mol. The SMILES string of the molecule is O=C(O)[C@@H]1CSCN1C(=O)c1ccc(Cl)cn1. The number of hydrogen-bond donors (Lipinski definition) is 1. The Kier molecular flexibility index (Phi) is 3.54. The summed E-state index contributed by atoms with van der Waals surface area (Å²) in [6.45, 7) is 0. The smallest absolute Gasteiger partial charge is 0.327 e. The average Bonchev–Trinajstić information content (AvgIpc) is 2.78. The fraction of sp³-hybridized carbons (Fsp3) is 0.300. The fourth-order valence-electron chi connectivity index (χ4n) is 1.50. The van der Waals surface area contributed by atoms with E-state index in [1.165, 1.54) is 28.9 Å². The quantitative estimate of drug-likeness (QED) is 0.880. The highest BCUT2D eigenvalue weighted by Gasteiger charge is 2.35. The highest BCUT2D eigenvalue weighted by atomic mass is 35.5. The van der Waals surface area contributed by atoms with E-state index in [2.05, 4.69) is 4.98 Å². The van der Waals surface area contributed by atoms with E-state index in [0.29, 0.717) is 16.7 Å². The van der Waals surface area contributed by atoms with Crippen LogP contribution in [0, 0.1) is 0 Å². The van der Waals surface area contributed by atoms with Gasteiger partial charge in [-0.3, -0.25) is 4.79 Å². The predicted octanol–water partition coefficient (Wildman–Crippen LogP) is 1.33. The number of halogens is 1. The van der Waals surface area contributed by atoms with Crippen molar-refractivity contribution in [2.45, 2.75) is 6.04 Å².